The SMILES string of the molecule is COc1ccc(-n2nnc(C(=O)O)c2Cc2cccs2)cc1. The van der Waals surface area contributed by atoms with Crippen LogP contribution in [-0.2, 0) is 6.42 Å². The zero-order chi connectivity index (χ0) is 15.5. The van der Waals surface area contributed by atoms with Crippen LogP contribution in [0.25, 0.3) is 5.69 Å². The first-order valence-corrected chi connectivity index (χ1v) is 7.41. The van der Waals surface area contributed by atoms with Crippen LogP contribution < -0.4 is 4.74 Å². The third kappa shape index (κ3) is 2.71. The van der Waals surface area contributed by atoms with Crippen molar-refractivity contribution in [2.75, 3.05) is 7.11 Å². The molecule has 0 fully saturated rings. The van der Waals surface area contributed by atoms with Gasteiger partial charge in [-0.3, -0.25) is 0 Å². The molecular formula is C15H13N3O3S. The largest absolute Gasteiger partial charge is 0.497 e. The second-order valence-corrected chi connectivity index (χ2v) is 5.59. The summed E-state index contributed by atoms with van der Waals surface area (Å²) in [5.74, 6) is -0.353. The van der Waals surface area contributed by atoms with E-state index in [2.05, 4.69) is 10.3 Å². The molecule has 2 aromatic heterocycles. The first kappa shape index (κ1) is 14.3. The Morgan fingerprint density at radius 3 is 2.68 bits per heavy atom. The van der Waals surface area contributed by atoms with Gasteiger partial charge in [0.05, 0.1) is 18.5 Å². The number of aromatic carboxylic acids is 1. The first-order chi connectivity index (χ1) is 10.7. The van der Waals surface area contributed by atoms with Crippen LogP contribution in [0, 0.1) is 0 Å². The molecule has 0 saturated heterocycles. The average molecular weight is 315 g/mol. The van der Waals surface area contributed by atoms with Crippen molar-refractivity contribution in [3.63, 3.8) is 0 Å². The lowest BCUT2D eigenvalue weighted by Gasteiger charge is -2.07. The standard InChI is InChI=1S/C15H13N3O3S/c1-21-11-6-4-10(5-7-11)18-13(9-12-3-2-8-22-12)14(15(19)20)16-17-18/h2-8H,9H2,1H3,(H,19,20). The number of nitrogens with zero attached hydrogens (tertiary/aromatic N) is 3. The Balaban J connectivity index is 2.04. The van der Waals surface area contributed by atoms with Crippen LogP contribution in [0.4, 0.5) is 0 Å². The maximum absolute atomic E-state index is 11.4. The summed E-state index contributed by atoms with van der Waals surface area (Å²) in [6, 6.07) is 11.1. The fourth-order valence-corrected chi connectivity index (χ4v) is 2.84. The number of thiophene rings is 1. The molecule has 0 aliphatic carbocycles. The Kier molecular flexibility index (Phi) is 3.88. The molecule has 0 amide bonds. The minimum Gasteiger partial charge on any atom is -0.497 e. The number of methoxy groups -OCH3 is 1. The minimum absolute atomic E-state index is 0.0239. The fraction of sp³-hybridized carbons (Fsp3) is 0.133. The van der Waals surface area contributed by atoms with Crippen molar-refractivity contribution in [3.8, 4) is 11.4 Å². The monoisotopic (exact) mass is 315 g/mol. The van der Waals surface area contributed by atoms with Crippen molar-refractivity contribution in [1.29, 1.82) is 0 Å². The molecule has 7 heteroatoms. The van der Waals surface area contributed by atoms with Crippen LogP contribution >= 0.6 is 11.3 Å². The highest BCUT2D eigenvalue weighted by molar-refractivity contribution is 7.09. The number of aromatic nitrogens is 3. The van der Waals surface area contributed by atoms with Crippen molar-refractivity contribution in [2.45, 2.75) is 6.42 Å². The van der Waals surface area contributed by atoms with Gasteiger partial charge in [0.2, 0.25) is 0 Å². The third-order valence-electron chi connectivity index (χ3n) is 3.20. The Morgan fingerprint density at radius 1 is 1.32 bits per heavy atom. The van der Waals surface area contributed by atoms with E-state index < -0.39 is 5.97 Å². The highest BCUT2D eigenvalue weighted by Gasteiger charge is 2.20. The summed E-state index contributed by atoms with van der Waals surface area (Å²) in [5.41, 5.74) is 1.27. The summed E-state index contributed by atoms with van der Waals surface area (Å²) in [4.78, 5) is 12.4. The molecular weight excluding hydrogens is 302 g/mol. The predicted octanol–water partition coefficient (Wildman–Crippen LogP) is 2.63. The van der Waals surface area contributed by atoms with Crippen LogP contribution in [0.15, 0.2) is 41.8 Å². The number of hydrogen-bond acceptors (Lipinski definition) is 5. The number of carboxylic acids is 1. The smallest absolute Gasteiger partial charge is 0.358 e. The quantitative estimate of drug-likeness (QED) is 0.783. The van der Waals surface area contributed by atoms with Crippen molar-refractivity contribution in [2.24, 2.45) is 0 Å². The van der Waals surface area contributed by atoms with Crippen molar-refractivity contribution in [3.05, 3.63) is 58.0 Å². The minimum atomic E-state index is -1.08. The Bertz CT molecular complexity index is 779. The summed E-state index contributed by atoms with van der Waals surface area (Å²) < 4.78 is 6.68. The van der Waals surface area contributed by atoms with Gasteiger partial charge in [-0.15, -0.1) is 16.4 Å². The Hall–Kier alpha value is -2.67. The molecule has 0 bridgehead atoms. The lowest BCUT2D eigenvalue weighted by molar-refractivity contribution is 0.0689. The van der Waals surface area contributed by atoms with Gasteiger partial charge >= 0.3 is 5.97 Å². The lowest BCUT2D eigenvalue weighted by atomic mass is 10.2. The van der Waals surface area contributed by atoms with Gasteiger partial charge in [-0.2, -0.15) is 0 Å². The topological polar surface area (TPSA) is 77.2 Å². The molecule has 0 spiro atoms. The molecule has 22 heavy (non-hydrogen) atoms. The lowest BCUT2D eigenvalue weighted by Crippen LogP contribution is -2.07. The molecule has 0 aliphatic heterocycles. The van der Waals surface area contributed by atoms with Gasteiger partial charge in [0, 0.05) is 11.3 Å². The van der Waals surface area contributed by atoms with Gasteiger partial charge in [-0.1, -0.05) is 11.3 Å². The summed E-state index contributed by atoms with van der Waals surface area (Å²) in [5, 5.41) is 19.1. The summed E-state index contributed by atoms with van der Waals surface area (Å²) in [6.07, 6.45) is 0.471. The maximum Gasteiger partial charge on any atom is 0.358 e. The molecule has 1 N–H and O–H groups in total. The van der Waals surface area contributed by atoms with Crippen molar-refractivity contribution >= 4 is 17.3 Å². The zero-order valence-corrected chi connectivity index (χ0v) is 12.6. The molecule has 0 radical (unpaired) electrons. The predicted molar refractivity (Wildman–Crippen MR) is 82.0 cm³/mol. The highest BCUT2D eigenvalue weighted by Crippen LogP contribution is 2.21. The van der Waals surface area contributed by atoms with E-state index in [-0.39, 0.29) is 5.69 Å². The Labute approximate surface area is 130 Å². The van der Waals surface area contributed by atoms with E-state index in [1.54, 1.807) is 35.3 Å². The van der Waals surface area contributed by atoms with Crippen molar-refractivity contribution in [1.82, 2.24) is 15.0 Å². The number of benzene rings is 1. The maximum atomic E-state index is 11.4. The van der Waals surface area contributed by atoms with Crippen LogP contribution in [-0.4, -0.2) is 33.2 Å². The summed E-state index contributed by atoms with van der Waals surface area (Å²) in [6.45, 7) is 0. The van der Waals surface area contributed by atoms with Gasteiger partial charge in [-0.05, 0) is 35.7 Å². The molecule has 1 aromatic carbocycles. The molecule has 6 nitrogen and oxygen atoms in total. The van der Waals surface area contributed by atoms with E-state index >= 15 is 0 Å². The molecule has 3 aromatic rings. The van der Waals surface area contributed by atoms with E-state index in [4.69, 9.17) is 4.74 Å². The molecule has 112 valence electrons. The highest BCUT2D eigenvalue weighted by atomic mass is 32.1. The van der Waals surface area contributed by atoms with Gasteiger partial charge in [0.25, 0.3) is 0 Å². The summed E-state index contributed by atoms with van der Waals surface area (Å²) >= 11 is 1.57. The first-order valence-electron chi connectivity index (χ1n) is 6.53. The Morgan fingerprint density at radius 2 is 2.09 bits per heavy atom. The second kappa shape index (κ2) is 5.98. The van der Waals surface area contributed by atoms with E-state index in [0.717, 1.165) is 16.3 Å². The van der Waals surface area contributed by atoms with E-state index in [0.29, 0.717) is 12.1 Å². The van der Waals surface area contributed by atoms with E-state index in [1.807, 2.05) is 29.6 Å². The van der Waals surface area contributed by atoms with Crippen LogP contribution in [0.3, 0.4) is 0 Å². The van der Waals surface area contributed by atoms with Crippen molar-refractivity contribution < 1.29 is 14.6 Å². The van der Waals surface area contributed by atoms with Gasteiger partial charge in [-0.25, -0.2) is 9.48 Å². The molecule has 0 atom stereocenters. The number of carboxylic acid groups (broad SMARTS) is 1. The molecule has 0 saturated carbocycles. The molecule has 3 rings (SSSR count). The molecule has 2 heterocycles. The summed E-state index contributed by atoms with van der Waals surface area (Å²) in [7, 11) is 1.59. The average Bonchev–Trinajstić information content (AvgIpc) is 3.17. The fourth-order valence-electron chi connectivity index (χ4n) is 2.14. The normalized spacial score (nSPS) is 10.6. The zero-order valence-electron chi connectivity index (χ0n) is 11.8. The van der Waals surface area contributed by atoms with Gasteiger partial charge in [0.1, 0.15) is 5.75 Å². The molecule has 0 unspecified atom stereocenters. The number of ether oxygens (including phenoxy) is 1. The van der Waals surface area contributed by atoms with Gasteiger partial charge < -0.3 is 9.84 Å². The van der Waals surface area contributed by atoms with Gasteiger partial charge in [0.15, 0.2) is 5.69 Å². The number of rotatable bonds is 5. The third-order valence-corrected chi connectivity index (χ3v) is 4.08. The number of hydrogen-bond donors (Lipinski definition) is 1. The van der Waals surface area contributed by atoms with Crippen LogP contribution in [0.2, 0.25) is 0 Å². The number of carbonyl (C=O) groups is 1. The van der Waals surface area contributed by atoms with E-state index in [9.17, 15) is 9.90 Å². The van der Waals surface area contributed by atoms with E-state index in [1.165, 1.54) is 0 Å². The second-order valence-electron chi connectivity index (χ2n) is 4.56. The van der Waals surface area contributed by atoms with Crippen LogP contribution in [0.1, 0.15) is 21.1 Å². The van der Waals surface area contributed by atoms with Crippen LogP contribution in [0.5, 0.6) is 5.75 Å². The molecule has 0 aliphatic rings.